The Morgan fingerprint density at radius 3 is 2.35 bits per heavy atom. The van der Waals surface area contributed by atoms with Gasteiger partial charge in [-0.05, 0) is 55.7 Å². The molecule has 1 aromatic heterocycles. The largest absolute Gasteiger partial charge is 0.453 e. The third-order valence-electron chi connectivity index (χ3n) is 3.73. The Morgan fingerprint density at radius 1 is 0.900 bits per heavy atom. The number of benzene rings is 2. The van der Waals surface area contributed by atoms with Crippen molar-refractivity contribution in [3.63, 3.8) is 0 Å². The summed E-state index contributed by atoms with van der Waals surface area (Å²) in [6.07, 6.45) is 0. The molecule has 0 aliphatic heterocycles. The topological polar surface area (TPSA) is 30.2 Å². The fraction of sp³-hybridized carbons (Fsp3) is 0.167. The Labute approximate surface area is 118 Å². The zero-order valence-electron chi connectivity index (χ0n) is 11.9. The van der Waals surface area contributed by atoms with Crippen molar-refractivity contribution in [3.05, 3.63) is 70.5 Å². The van der Waals surface area contributed by atoms with E-state index in [0.717, 1.165) is 22.1 Å². The van der Waals surface area contributed by atoms with Gasteiger partial charge in [0.25, 0.3) is 0 Å². The van der Waals surface area contributed by atoms with Gasteiger partial charge in [-0.2, -0.15) is 0 Å². The van der Waals surface area contributed by atoms with Gasteiger partial charge in [0.1, 0.15) is 5.58 Å². The van der Waals surface area contributed by atoms with E-state index < -0.39 is 0 Å². The standard InChI is InChI=1S/C18H16O2/c1-11-8-13(3)15(9-12(11)2)18(19)17-10-14-6-4-5-7-16(14)20-17/h4-10H,1-3H3. The van der Waals surface area contributed by atoms with Crippen LogP contribution >= 0.6 is 0 Å². The van der Waals surface area contributed by atoms with Gasteiger partial charge in [-0.15, -0.1) is 0 Å². The molecule has 0 saturated heterocycles. The maximum absolute atomic E-state index is 12.6. The molecule has 2 aromatic carbocycles. The first-order chi connectivity index (χ1) is 9.56. The van der Waals surface area contributed by atoms with Crippen LogP contribution in [0.3, 0.4) is 0 Å². The minimum Gasteiger partial charge on any atom is -0.453 e. The molecule has 0 bridgehead atoms. The zero-order valence-corrected chi connectivity index (χ0v) is 11.9. The molecule has 0 N–H and O–H groups in total. The molecule has 2 nitrogen and oxygen atoms in total. The second-order valence-corrected chi connectivity index (χ2v) is 5.23. The quantitative estimate of drug-likeness (QED) is 0.634. The average molecular weight is 264 g/mol. The molecule has 2 heteroatoms. The second kappa shape index (κ2) is 4.64. The number of fused-ring (bicyclic) bond motifs is 1. The van der Waals surface area contributed by atoms with Crippen LogP contribution in [0.5, 0.6) is 0 Å². The molecule has 1 heterocycles. The Kier molecular flexibility index (Phi) is 2.94. The van der Waals surface area contributed by atoms with Gasteiger partial charge in [0, 0.05) is 10.9 Å². The molecule has 100 valence electrons. The van der Waals surface area contributed by atoms with Crippen LogP contribution in [0.15, 0.2) is 46.9 Å². The van der Waals surface area contributed by atoms with Gasteiger partial charge in [0.05, 0.1) is 0 Å². The number of para-hydroxylation sites is 1. The third-order valence-corrected chi connectivity index (χ3v) is 3.73. The normalized spacial score (nSPS) is 10.9. The fourth-order valence-corrected chi connectivity index (χ4v) is 2.43. The van der Waals surface area contributed by atoms with Crippen LogP contribution in [0.25, 0.3) is 11.0 Å². The van der Waals surface area contributed by atoms with E-state index in [1.165, 1.54) is 5.56 Å². The van der Waals surface area contributed by atoms with E-state index >= 15 is 0 Å². The first-order valence-electron chi connectivity index (χ1n) is 6.67. The summed E-state index contributed by atoms with van der Waals surface area (Å²) < 4.78 is 5.66. The molecule has 0 spiro atoms. The lowest BCUT2D eigenvalue weighted by molar-refractivity contribution is 0.101. The highest BCUT2D eigenvalue weighted by molar-refractivity contribution is 6.10. The summed E-state index contributed by atoms with van der Waals surface area (Å²) in [5.74, 6) is 0.347. The maximum atomic E-state index is 12.6. The summed E-state index contributed by atoms with van der Waals surface area (Å²) in [4.78, 5) is 12.6. The van der Waals surface area contributed by atoms with E-state index in [-0.39, 0.29) is 5.78 Å². The molecular weight excluding hydrogens is 248 g/mol. The number of hydrogen-bond acceptors (Lipinski definition) is 2. The summed E-state index contributed by atoms with van der Waals surface area (Å²) >= 11 is 0. The number of ketones is 1. The van der Waals surface area contributed by atoms with Crippen molar-refractivity contribution in [2.45, 2.75) is 20.8 Å². The summed E-state index contributed by atoms with van der Waals surface area (Å²) in [7, 11) is 0. The van der Waals surface area contributed by atoms with Crippen molar-refractivity contribution in [3.8, 4) is 0 Å². The first kappa shape index (κ1) is 12.7. The van der Waals surface area contributed by atoms with Crippen molar-refractivity contribution in [1.29, 1.82) is 0 Å². The van der Waals surface area contributed by atoms with Crippen LogP contribution < -0.4 is 0 Å². The SMILES string of the molecule is Cc1cc(C)c(C(=O)c2cc3ccccc3o2)cc1C. The molecule has 0 fully saturated rings. The number of carbonyl (C=O) groups excluding carboxylic acids is 1. The molecule has 0 atom stereocenters. The number of aryl methyl sites for hydroxylation is 3. The van der Waals surface area contributed by atoms with Crippen molar-refractivity contribution >= 4 is 16.8 Å². The Bertz CT molecular complexity index is 776. The highest BCUT2D eigenvalue weighted by Gasteiger charge is 2.17. The van der Waals surface area contributed by atoms with Crippen LogP contribution in [0.2, 0.25) is 0 Å². The second-order valence-electron chi connectivity index (χ2n) is 5.23. The number of furan rings is 1. The highest BCUT2D eigenvalue weighted by atomic mass is 16.3. The number of hydrogen-bond donors (Lipinski definition) is 0. The molecule has 3 rings (SSSR count). The Balaban J connectivity index is 2.10. The predicted molar refractivity (Wildman–Crippen MR) is 80.3 cm³/mol. The van der Waals surface area contributed by atoms with Crippen molar-refractivity contribution in [1.82, 2.24) is 0 Å². The lowest BCUT2D eigenvalue weighted by Crippen LogP contribution is -2.03. The van der Waals surface area contributed by atoms with E-state index in [4.69, 9.17) is 4.42 Å². The number of carbonyl (C=O) groups is 1. The fourth-order valence-electron chi connectivity index (χ4n) is 2.43. The molecule has 3 aromatic rings. The summed E-state index contributed by atoms with van der Waals surface area (Å²) in [6, 6.07) is 13.5. The van der Waals surface area contributed by atoms with Gasteiger partial charge in [0.15, 0.2) is 5.76 Å². The van der Waals surface area contributed by atoms with Crippen molar-refractivity contribution in [2.24, 2.45) is 0 Å². The van der Waals surface area contributed by atoms with Crippen LogP contribution in [0.4, 0.5) is 0 Å². The van der Waals surface area contributed by atoms with Crippen molar-refractivity contribution < 1.29 is 9.21 Å². The third kappa shape index (κ3) is 2.03. The van der Waals surface area contributed by atoms with Gasteiger partial charge in [0.2, 0.25) is 5.78 Å². The number of rotatable bonds is 2. The van der Waals surface area contributed by atoms with Crippen LogP contribution in [-0.4, -0.2) is 5.78 Å². The van der Waals surface area contributed by atoms with E-state index in [1.807, 2.05) is 56.3 Å². The summed E-state index contributed by atoms with van der Waals surface area (Å²) in [5, 5.41) is 0.956. The predicted octanol–water partition coefficient (Wildman–Crippen LogP) is 4.59. The van der Waals surface area contributed by atoms with Gasteiger partial charge in [-0.3, -0.25) is 4.79 Å². The highest BCUT2D eigenvalue weighted by Crippen LogP contribution is 2.23. The first-order valence-corrected chi connectivity index (χ1v) is 6.67. The summed E-state index contributed by atoms with van der Waals surface area (Å²) in [6.45, 7) is 6.03. The van der Waals surface area contributed by atoms with Crippen molar-refractivity contribution in [2.75, 3.05) is 0 Å². The molecule has 0 radical (unpaired) electrons. The molecule has 0 amide bonds. The van der Waals surface area contributed by atoms with Gasteiger partial charge in [-0.25, -0.2) is 0 Å². The van der Waals surface area contributed by atoms with Crippen LogP contribution in [0, 0.1) is 20.8 Å². The Morgan fingerprint density at radius 2 is 1.60 bits per heavy atom. The van der Waals surface area contributed by atoms with E-state index in [9.17, 15) is 4.79 Å². The minimum absolute atomic E-state index is 0.0539. The van der Waals surface area contributed by atoms with E-state index in [0.29, 0.717) is 11.3 Å². The molecule has 0 aliphatic rings. The van der Waals surface area contributed by atoms with Gasteiger partial charge >= 0.3 is 0 Å². The summed E-state index contributed by atoms with van der Waals surface area (Å²) in [5.41, 5.74) is 4.77. The van der Waals surface area contributed by atoms with E-state index in [1.54, 1.807) is 0 Å². The van der Waals surface area contributed by atoms with Crippen LogP contribution in [-0.2, 0) is 0 Å². The average Bonchev–Trinajstić information content (AvgIpc) is 2.86. The van der Waals surface area contributed by atoms with Gasteiger partial charge in [-0.1, -0.05) is 24.3 Å². The lowest BCUT2D eigenvalue weighted by Gasteiger charge is -2.07. The maximum Gasteiger partial charge on any atom is 0.228 e. The molecule has 0 aliphatic carbocycles. The van der Waals surface area contributed by atoms with Gasteiger partial charge < -0.3 is 4.42 Å². The monoisotopic (exact) mass is 264 g/mol. The minimum atomic E-state index is -0.0539. The molecule has 0 unspecified atom stereocenters. The lowest BCUT2D eigenvalue weighted by atomic mass is 9.97. The zero-order chi connectivity index (χ0) is 14.3. The molecular formula is C18H16O2. The van der Waals surface area contributed by atoms with E-state index in [2.05, 4.69) is 6.92 Å². The van der Waals surface area contributed by atoms with Crippen LogP contribution in [0.1, 0.15) is 32.8 Å². The molecule has 20 heavy (non-hydrogen) atoms. The smallest absolute Gasteiger partial charge is 0.228 e. The Hall–Kier alpha value is -2.35. The molecule has 0 saturated carbocycles.